The summed E-state index contributed by atoms with van der Waals surface area (Å²) in [4.78, 5) is 10.1. The number of rotatable bonds is 4. The van der Waals surface area contributed by atoms with E-state index in [2.05, 4.69) is 0 Å². The Kier molecular flexibility index (Phi) is 4.40. The number of halogens is 2. The minimum atomic E-state index is -0.586. The zero-order chi connectivity index (χ0) is 15.6. The first-order valence-electron chi connectivity index (χ1n) is 6.05. The Labute approximate surface area is 125 Å². The normalized spacial score (nSPS) is 12.0. The number of hydrogen-bond donors (Lipinski definition) is 1. The van der Waals surface area contributed by atoms with E-state index in [0.717, 1.165) is 0 Å². The highest BCUT2D eigenvalue weighted by Crippen LogP contribution is 2.33. The third kappa shape index (κ3) is 3.48. The van der Waals surface area contributed by atoms with Crippen LogP contribution in [-0.4, -0.2) is 4.92 Å². The Balaban J connectivity index is 2.34. The lowest BCUT2D eigenvalue weighted by Crippen LogP contribution is -2.07. The summed E-state index contributed by atoms with van der Waals surface area (Å²) in [5, 5.41) is 10.7. The molecule has 0 aromatic heterocycles. The predicted molar refractivity (Wildman–Crippen MR) is 77.2 cm³/mol. The minimum absolute atomic E-state index is 0.0399. The number of ether oxygens (including phenoxy) is 1. The molecule has 0 radical (unpaired) electrons. The van der Waals surface area contributed by atoms with E-state index in [4.69, 9.17) is 22.1 Å². The first-order chi connectivity index (χ1) is 9.88. The van der Waals surface area contributed by atoms with Gasteiger partial charge in [0, 0.05) is 23.7 Å². The second-order valence-corrected chi connectivity index (χ2v) is 4.85. The van der Waals surface area contributed by atoms with Crippen molar-refractivity contribution < 1.29 is 14.1 Å². The lowest BCUT2D eigenvalue weighted by molar-refractivity contribution is -0.384. The number of benzene rings is 2. The summed E-state index contributed by atoms with van der Waals surface area (Å²) >= 11 is 5.81. The number of hydrogen-bond acceptors (Lipinski definition) is 4. The van der Waals surface area contributed by atoms with Gasteiger partial charge >= 0.3 is 0 Å². The molecular weight excluding hydrogens is 299 g/mol. The average molecular weight is 311 g/mol. The van der Waals surface area contributed by atoms with Gasteiger partial charge in [-0.15, -0.1) is 0 Å². The van der Waals surface area contributed by atoms with Gasteiger partial charge < -0.3 is 10.5 Å². The molecule has 110 valence electrons. The predicted octanol–water partition coefficient (Wildman–Crippen LogP) is 4.20. The van der Waals surface area contributed by atoms with Crippen LogP contribution in [0.15, 0.2) is 36.4 Å². The van der Waals surface area contributed by atoms with Crippen LogP contribution in [-0.2, 0) is 0 Å². The number of nitrogens with two attached hydrogens (primary N) is 1. The fraction of sp³-hybridized carbons (Fsp3) is 0.143. The van der Waals surface area contributed by atoms with Gasteiger partial charge in [0.15, 0.2) is 0 Å². The fourth-order valence-electron chi connectivity index (χ4n) is 1.79. The molecule has 0 spiro atoms. The zero-order valence-corrected chi connectivity index (χ0v) is 11.8. The van der Waals surface area contributed by atoms with E-state index in [1.165, 1.54) is 36.4 Å². The van der Waals surface area contributed by atoms with Crippen molar-refractivity contribution >= 4 is 17.3 Å². The van der Waals surface area contributed by atoms with E-state index < -0.39 is 16.8 Å². The minimum Gasteiger partial charge on any atom is -0.457 e. The highest BCUT2D eigenvalue weighted by atomic mass is 35.5. The van der Waals surface area contributed by atoms with Crippen LogP contribution < -0.4 is 10.5 Å². The van der Waals surface area contributed by atoms with Gasteiger partial charge in [0.05, 0.1) is 4.92 Å². The van der Waals surface area contributed by atoms with Crippen LogP contribution in [0.25, 0.3) is 0 Å². The lowest BCUT2D eigenvalue weighted by Gasteiger charge is -2.14. The van der Waals surface area contributed by atoms with Crippen LogP contribution in [0.4, 0.5) is 10.1 Å². The SMILES string of the molecule is CC(N)c1cc(F)ccc1Oc1ccc([N+](=O)[O-])c(Cl)c1. The quantitative estimate of drug-likeness (QED) is 0.678. The molecule has 0 fully saturated rings. The van der Waals surface area contributed by atoms with Gasteiger partial charge in [-0.25, -0.2) is 4.39 Å². The van der Waals surface area contributed by atoms with E-state index in [-0.39, 0.29) is 10.7 Å². The maximum Gasteiger partial charge on any atom is 0.288 e. The summed E-state index contributed by atoms with van der Waals surface area (Å²) in [5.41, 5.74) is 6.05. The molecule has 1 atom stereocenters. The molecule has 0 heterocycles. The third-order valence-electron chi connectivity index (χ3n) is 2.81. The largest absolute Gasteiger partial charge is 0.457 e. The van der Waals surface area contributed by atoms with E-state index in [1.54, 1.807) is 6.92 Å². The first-order valence-corrected chi connectivity index (χ1v) is 6.43. The topological polar surface area (TPSA) is 78.4 Å². The second kappa shape index (κ2) is 6.07. The molecule has 2 aromatic carbocycles. The second-order valence-electron chi connectivity index (χ2n) is 4.44. The van der Waals surface area contributed by atoms with Crippen LogP contribution in [0, 0.1) is 15.9 Å². The van der Waals surface area contributed by atoms with E-state index in [0.29, 0.717) is 17.1 Å². The third-order valence-corrected chi connectivity index (χ3v) is 3.11. The smallest absolute Gasteiger partial charge is 0.288 e. The summed E-state index contributed by atoms with van der Waals surface area (Å²) in [5.74, 6) is 0.256. The molecule has 0 bridgehead atoms. The van der Waals surface area contributed by atoms with E-state index in [1.807, 2.05) is 0 Å². The van der Waals surface area contributed by atoms with Gasteiger partial charge in [0.2, 0.25) is 0 Å². The van der Waals surface area contributed by atoms with Crippen molar-refractivity contribution in [3.8, 4) is 11.5 Å². The van der Waals surface area contributed by atoms with Crippen molar-refractivity contribution in [3.05, 3.63) is 62.9 Å². The average Bonchev–Trinajstić information content (AvgIpc) is 2.40. The van der Waals surface area contributed by atoms with Gasteiger partial charge in [0.1, 0.15) is 22.3 Å². The number of nitro benzene ring substituents is 1. The Morgan fingerprint density at radius 2 is 2.05 bits per heavy atom. The van der Waals surface area contributed by atoms with Crippen LogP contribution in [0.5, 0.6) is 11.5 Å². The molecule has 21 heavy (non-hydrogen) atoms. The lowest BCUT2D eigenvalue weighted by atomic mass is 10.1. The molecule has 0 aliphatic rings. The molecular formula is C14H12ClFN2O3. The standard InChI is InChI=1S/C14H12ClFN2O3/c1-8(17)11-6-9(16)2-5-14(11)21-10-3-4-13(18(19)20)12(15)7-10/h2-8H,17H2,1H3. The summed E-state index contributed by atoms with van der Waals surface area (Å²) in [6.45, 7) is 1.70. The molecule has 2 N–H and O–H groups in total. The Morgan fingerprint density at radius 1 is 1.33 bits per heavy atom. The molecule has 1 unspecified atom stereocenters. The van der Waals surface area contributed by atoms with Gasteiger partial charge in [-0.2, -0.15) is 0 Å². The summed E-state index contributed by atoms with van der Waals surface area (Å²) < 4.78 is 18.8. The van der Waals surface area contributed by atoms with Crippen LogP contribution in [0.2, 0.25) is 5.02 Å². The van der Waals surface area contributed by atoms with Crippen molar-refractivity contribution in [1.82, 2.24) is 0 Å². The first kappa shape index (κ1) is 15.2. The van der Waals surface area contributed by atoms with Crippen molar-refractivity contribution in [1.29, 1.82) is 0 Å². The zero-order valence-electron chi connectivity index (χ0n) is 11.0. The summed E-state index contributed by atoms with van der Waals surface area (Å²) in [6, 6.07) is 7.54. The maximum atomic E-state index is 13.2. The van der Waals surface area contributed by atoms with Crippen molar-refractivity contribution in [2.45, 2.75) is 13.0 Å². The summed E-state index contributed by atoms with van der Waals surface area (Å²) in [7, 11) is 0. The molecule has 0 aliphatic carbocycles. The monoisotopic (exact) mass is 310 g/mol. The van der Waals surface area contributed by atoms with Gasteiger partial charge in [-0.3, -0.25) is 10.1 Å². The van der Waals surface area contributed by atoms with Crippen LogP contribution in [0.3, 0.4) is 0 Å². The fourth-order valence-corrected chi connectivity index (χ4v) is 2.03. The highest BCUT2D eigenvalue weighted by Gasteiger charge is 2.15. The Hall–Kier alpha value is -2.18. The molecule has 7 heteroatoms. The molecule has 5 nitrogen and oxygen atoms in total. The number of nitrogens with zero attached hydrogens (tertiary/aromatic N) is 1. The molecule has 0 saturated carbocycles. The Morgan fingerprint density at radius 3 is 2.62 bits per heavy atom. The van der Waals surface area contributed by atoms with Gasteiger partial charge in [-0.1, -0.05) is 11.6 Å². The molecule has 0 saturated heterocycles. The van der Waals surface area contributed by atoms with Crippen molar-refractivity contribution in [2.24, 2.45) is 5.73 Å². The van der Waals surface area contributed by atoms with Gasteiger partial charge in [-0.05, 0) is 31.2 Å². The molecule has 0 aliphatic heterocycles. The van der Waals surface area contributed by atoms with Crippen molar-refractivity contribution in [3.63, 3.8) is 0 Å². The Bertz CT molecular complexity index is 692. The maximum absolute atomic E-state index is 13.2. The van der Waals surface area contributed by atoms with E-state index in [9.17, 15) is 14.5 Å². The van der Waals surface area contributed by atoms with Gasteiger partial charge in [0.25, 0.3) is 5.69 Å². The van der Waals surface area contributed by atoms with Crippen molar-refractivity contribution in [2.75, 3.05) is 0 Å². The molecule has 2 aromatic rings. The summed E-state index contributed by atoms with van der Waals surface area (Å²) in [6.07, 6.45) is 0. The number of nitro groups is 1. The molecule has 0 amide bonds. The molecule has 2 rings (SSSR count). The van der Waals surface area contributed by atoms with E-state index >= 15 is 0 Å². The van der Waals surface area contributed by atoms with Crippen LogP contribution >= 0.6 is 11.6 Å². The highest BCUT2D eigenvalue weighted by molar-refractivity contribution is 6.32. The van der Waals surface area contributed by atoms with Crippen LogP contribution in [0.1, 0.15) is 18.5 Å².